The van der Waals surface area contributed by atoms with Crippen LogP contribution in [0.1, 0.15) is 17.5 Å². The molecule has 0 atom stereocenters. The minimum absolute atomic E-state index is 0.150. The van der Waals surface area contributed by atoms with Gasteiger partial charge in [0.2, 0.25) is 5.91 Å². The predicted octanol–water partition coefficient (Wildman–Crippen LogP) is 4.85. The van der Waals surface area contributed by atoms with E-state index in [1.54, 1.807) is 46.2 Å². The van der Waals surface area contributed by atoms with Crippen LogP contribution < -0.4 is 15.0 Å². The van der Waals surface area contributed by atoms with Crippen molar-refractivity contribution >= 4 is 23.3 Å². The van der Waals surface area contributed by atoms with Crippen LogP contribution in [0.4, 0.5) is 20.6 Å². The lowest BCUT2D eigenvalue weighted by molar-refractivity contribution is -0.115. The third-order valence-electron chi connectivity index (χ3n) is 5.59. The molecule has 1 aliphatic heterocycles. The zero-order chi connectivity index (χ0) is 23.2. The summed E-state index contributed by atoms with van der Waals surface area (Å²) in [4.78, 5) is 29.0. The highest BCUT2D eigenvalue weighted by molar-refractivity contribution is 5.97. The van der Waals surface area contributed by atoms with Crippen molar-refractivity contribution in [1.29, 1.82) is 0 Å². The summed E-state index contributed by atoms with van der Waals surface area (Å²) < 4.78 is 19.6. The predicted molar refractivity (Wildman–Crippen MR) is 126 cm³/mol. The molecule has 0 bridgehead atoms. The van der Waals surface area contributed by atoms with Gasteiger partial charge in [-0.05, 0) is 36.2 Å². The first-order valence-electron chi connectivity index (χ1n) is 10.9. The van der Waals surface area contributed by atoms with Gasteiger partial charge in [0, 0.05) is 24.3 Å². The lowest BCUT2D eigenvalue weighted by Crippen LogP contribution is -2.49. The number of hydrogen-bond donors (Lipinski definition) is 1. The summed E-state index contributed by atoms with van der Waals surface area (Å²) >= 11 is 0. The Balaban J connectivity index is 1.52. The Labute approximate surface area is 192 Å². The molecule has 33 heavy (non-hydrogen) atoms. The molecule has 1 N–H and O–H groups in total. The molecule has 1 aliphatic rings. The van der Waals surface area contributed by atoms with Crippen LogP contribution >= 0.6 is 0 Å². The van der Waals surface area contributed by atoms with Crippen molar-refractivity contribution in [2.75, 3.05) is 30.4 Å². The van der Waals surface area contributed by atoms with E-state index in [0.29, 0.717) is 35.8 Å². The van der Waals surface area contributed by atoms with E-state index in [2.05, 4.69) is 5.32 Å². The maximum atomic E-state index is 14.1. The van der Waals surface area contributed by atoms with Gasteiger partial charge in [-0.15, -0.1) is 0 Å². The number of rotatable bonds is 7. The molecular weight excluding hydrogens is 421 g/mol. The number of carbonyl (C=O) groups excluding carboxylic acids is 2. The minimum atomic E-state index is -0.330. The molecule has 170 valence electrons. The molecule has 3 aromatic rings. The number of halogens is 1. The van der Waals surface area contributed by atoms with Gasteiger partial charge in [-0.25, -0.2) is 9.18 Å². The Morgan fingerprint density at radius 3 is 2.55 bits per heavy atom. The van der Waals surface area contributed by atoms with Gasteiger partial charge in [-0.1, -0.05) is 48.5 Å². The molecule has 6 nitrogen and oxygen atoms in total. The van der Waals surface area contributed by atoms with Gasteiger partial charge in [0.15, 0.2) is 0 Å². The zero-order valence-electron chi connectivity index (χ0n) is 18.5. The standard InChI is InChI=1S/C26H26FN3O3/c1-33-24-13-12-21(28-25(31)16-19-8-3-2-4-9-19)17-23(24)30-15-7-14-29(26(30)32)18-20-10-5-6-11-22(20)27/h2-6,8-13,17H,7,14-16,18H2,1H3,(H,28,31). The number of nitrogens with one attached hydrogen (secondary N) is 1. The summed E-state index contributed by atoms with van der Waals surface area (Å²) in [6, 6.07) is 21.0. The number of urea groups is 1. The van der Waals surface area contributed by atoms with Crippen molar-refractivity contribution < 1.29 is 18.7 Å². The first-order valence-corrected chi connectivity index (χ1v) is 10.9. The van der Waals surface area contributed by atoms with Crippen molar-refractivity contribution in [1.82, 2.24) is 4.90 Å². The molecule has 1 heterocycles. The number of methoxy groups -OCH3 is 1. The zero-order valence-corrected chi connectivity index (χ0v) is 18.5. The summed E-state index contributed by atoms with van der Waals surface area (Å²) in [6.45, 7) is 1.24. The van der Waals surface area contributed by atoms with Gasteiger partial charge in [0.25, 0.3) is 0 Å². The Bertz CT molecular complexity index is 1140. The second-order valence-electron chi connectivity index (χ2n) is 7.90. The van der Waals surface area contributed by atoms with Crippen molar-refractivity contribution in [3.05, 3.63) is 89.7 Å². The highest BCUT2D eigenvalue weighted by atomic mass is 19.1. The summed E-state index contributed by atoms with van der Waals surface area (Å²) in [7, 11) is 1.54. The van der Waals surface area contributed by atoms with Crippen molar-refractivity contribution in [3.63, 3.8) is 0 Å². The fourth-order valence-electron chi connectivity index (χ4n) is 3.95. The van der Waals surface area contributed by atoms with E-state index in [9.17, 15) is 14.0 Å². The second-order valence-corrected chi connectivity index (χ2v) is 7.90. The SMILES string of the molecule is COc1ccc(NC(=O)Cc2ccccc2)cc1N1CCCN(Cc2ccccc2F)C1=O. The normalized spacial score (nSPS) is 13.7. The van der Waals surface area contributed by atoms with Gasteiger partial charge in [0.05, 0.1) is 25.8 Å². The van der Waals surface area contributed by atoms with E-state index in [1.807, 2.05) is 30.3 Å². The molecule has 1 fully saturated rings. The van der Waals surface area contributed by atoms with Crippen LogP contribution in [0.25, 0.3) is 0 Å². The molecular formula is C26H26FN3O3. The fourth-order valence-corrected chi connectivity index (χ4v) is 3.95. The van der Waals surface area contributed by atoms with Gasteiger partial charge in [-0.2, -0.15) is 0 Å². The number of ether oxygens (including phenoxy) is 1. The third-order valence-corrected chi connectivity index (χ3v) is 5.59. The molecule has 0 aliphatic carbocycles. The highest BCUT2D eigenvalue weighted by Gasteiger charge is 2.29. The van der Waals surface area contributed by atoms with Crippen molar-refractivity contribution in [2.45, 2.75) is 19.4 Å². The lowest BCUT2D eigenvalue weighted by Gasteiger charge is -2.36. The summed E-state index contributed by atoms with van der Waals surface area (Å²) in [5, 5.41) is 2.90. The monoisotopic (exact) mass is 447 g/mol. The number of benzene rings is 3. The molecule has 3 aromatic carbocycles. The Kier molecular flexibility index (Phi) is 6.88. The number of carbonyl (C=O) groups is 2. The second kappa shape index (κ2) is 10.2. The number of amides is 3. The number of hydrogen-bond acceptors (Lipinski definition) is 3. The lowest BCUT2D eigenvalue weighted by atomic mass is 10.1. The average molecular weight is 448 g/mol. The Hall–Kier alpha value is -3.87. The summed E-state index contributed by atoms with van der Waals surface area (Å²) in [5.74, 6) is 0.0451. The number of nitrogens with zero attached hydrogens (tertiary/aromatic N) is 2. The fraction of sp³-hybridized carbons (Fsp3) is 0.231. The quantitative estimate of drug-likeness (QED) is 0.563. The number of anilines is 2. The van der Waals surface area contributed by atoms with E-state index in [1.165, 1.54) is 13.2 Å². The van der Waals surface area contributed by atoms with E-state index in [0.717, 1.165) is 12.0 Å². The molecule has 0 unspecified atom stereocenters. The largest absolute Gasteiger partial charge is 0.495 e. The topological polar surface area (TPSA) is 61.9 Å². The van der Waals surface area contributed by atoms with E-state index >= 15 is 0 Å². The van der Waals surface area contributed by atoms with Crippen LogP contribution in [-0.2, 0) is 17.8 Å². The summed E-state index contributed by atoms with van der Waals surface area (Å²) in [5.41, 5.74) is 2.53. The van der Waals surface area contributed by atoms with Crippen molar-refractivity contribution in [3.8, 4) is 5.75 Å². The molecule has 4 rings (SSSR count). The van der Waals surface area contributed by atoms with Crippen LogP contribution in [0, 0.1) is 5.82 Å². The first-order chi connectivity index (χ1) is 16.0. The molecule has 1 saturated heterocycles. The third kappa shape index (κ3) is 5.31. The van der Waals surface area contributed by atoms with Gasteiger partial charge in [0.1, 0.15) is 11.6 Å². The minimum Gasteiger partial charge on any atom is -0.495 e. The highest BCUT2D eigenvalue weighted by Crippen LogP contribution is 2.34. The first kappa shape index (κ1) is 22.3. The molecule has 3 amide bonds. The van der Waals surface area contributed by atoms with Crippen LogP contribution in [0.2, 0.25) is 0 Å². The van der Waals surface area contributed by atoms with E-state index < -0.39 is 0 Å². The smallest absolute Gasteiger partial charge is 0.324 e. The molecule has 0 spiro atoms. The Morgan fingerprint density at radius 1 is 1.03 bits per heavy atom. The molecule has 0 aromatic heterocycles. The van der Waals surface area contributed by atoms with Gasteiger partial charge >= 0.3 is 6.03 Å². The molecule has 0 radical (unpaired) electrons. The van der Waals surface area contributed by atoms with Crippen LogP contribution in [-0.4, -0.2) is 37.0 Å². The Morgan fingerprint density at radius 2 is 1.79 bits per heavy atom. The average Bonchev–Trinajstić information content (AvgIpc) is 2.82. The molecule has 7 heteroatoms. The van der Waals surface area contributed by atoms with E-state index in [4.69, 9.17) is 4.74 Å². The van der Waals surface area contributed by atoms with Crippen molar-refractivity contribution in [2.24, 2.45) is 0 Å². The van der Waals surface area contributed by atoms with E-state index in [-0.39, 0.29) is 30.7 Å². The van der Waals surface area contributed by atoms with Gasteiger partial charge < -0.3 is 15.0 Å². The van der Waals surface area contributed by atoms with Crippen LogP contribution in [0.3, 0.4) is 0 Å². The van der Waals surface area contributed by atoms with Crippen LogP contribution in [0.5, 0.6) is 5.75 Å². The molecule has 0 saturated carbocycles. The van der Waals surface area contributed by atoms with Crippen LogP contribution in [0.15, 0.2) is 72.8 Å². The summed E-state index contributed by atoms with van der Waals surface area (Å²) in [6.07, 6.45) is 0.981. The maximum Gasteiger partial charge on any atom is 0.324 e. The maximum absolute atomic E-state index is 14.1. The van der Waals surface area contributed by atoms with Gasteiger partial charge in [-0.3, -0.25) is 9.69 Å².